The molecule has 0 amide bonds. The van der Waals surface area contributed by atoms with E-state index in [0.29, 0.717) is 6.42 Å². The van der Waals surface area contributed by atoms with Gasteiger partial charge in [-0.05, 0) is 30.2 Å². The Bertz CT molecular complexity index is 323. The zero-order valence-corrected chi connectivity index (χ0v) is 9.93. The van der Waals surface area contributed by atoms with Crippen LogP contribution < -0.4 is 0 Å². The smallest absolute Gasteiger partial charge is 0.303 e. The second kappa shape index (κ2) is 4.77. The van der Waals surface area contributed by atoms with Gasteiger partial charge in [0.2, 0.25) is 0 Å². The summed E-state index contributed by atoms with van der Waals surface area (Å²) in [5, 5.41) is 8.51. The first kappa shape index (κ1) is 10.7. The maximum Gasteiger partial charge on any atom is 0.303 e. The fourth-order valence-electron chi connectivity index (χ4n) is 0.976. The normalized spacial score (nSPS) is 10.0. The molecule has 0 heterocycles. The predicted octanol–water partition coefficient (Wildman–Crippen LogP) is 3.23. The van der Waals surface area contributed by atoms with Crippen LogP contribution >= 0.6 is 31.9 Å². The van der Waals surface area contributed by atoms with E-state index in [1.807, 2.05) is 18.2 Å². The molecule has 0 bridgehead atoms. The van der Waals surface area contributed by atoms with Gasteiger partial charge in [0.25, 0.3) is 0 Å². The molecule has 1 aromatic carbocycles. The lowest BCUT2D eigenvalue weighted by molar-refractivity contribution is -0.136. The number of carboxylic acids is 1. The fourth-order valence-corrected chi connectivity index (χ4v) is 1.83. The molecule has 13 heavy (non-hydrogen) atoms. The minimum Gasteiger partial charge on any atom is -0.481 e. The lowest BCUT2D eigenvalue weighted by atomic mass is 10.1. The third-order valence-electron chi connectivity index (χ3n) is 1.62. The number of carbonyl (C=O) groups is 1. The van der Waals surface area contributed by atoms with E-state index in [0.717, 1.165) is 14.5 Å². The van der Waals surface area contributed by atoms with E-state index in [9.17, 15) is 4.79 Å². The van der Waals surface area contributed by atoms with E-state index in [2.05, 4.69) is 31.9 Å². The molecular formula is C9H8Br2O2. The Balaban J connectivity index is 2.75. The number of aryl methyl sites for hydroxylation is 1. The second-order valence-electron chi connectivity index (χ2n) is 2.63. The average molecular weight is 308 g/mol. The van der Waals surface area contributed by atoms with Crippen molar-refractivity contribution < 1.29 is 9.90 Å². The topological polar surface area (TPSA) is 37.3 Å². The first-order valence-corrected chi connectivity index (χ1v) is 5.34. The van der Waals surface area contributed by atoms with Crippen LogP contribution in [0.4, 0.5) is 0 Å². The van der Waals surface area contributed by atoms with Crippen LogP contribution in [0.15, 0.2) is 27.1 Å². The summed E-state index contributed by atoms with van der Waals surface area (Å²) in [5.74, 6) is -0.771. The summed E-state index contributed by atoms with van der Waals surface area (Å²) in [4.78, 5) is 10.3. The number of rotatable bonds is 3. The molecule has 70 valence electrons. The van der Waals surface area contributed by atoms with Gasteiger partial charge in [-0.25, -0.2) is 0 Å². The van der Waals surface area contributed by atoms with Crippen molar-refractivity contribution >= 4 is 37.8 Å². The highest BCUT2D eigenvalue weighted by Gasteiger charge is 2.03. The van der Waals surface area contributed by atoms with Gasteiger partial charge in [-0.2, -0.15) is 0 Å². The fraction of sp³-hybridized carbons (Fsp3) is 0.222. The lowest BCUT2D eigenvalue weighted by Crippen LogP contribution is -1.97. The van der Waals surface area contributed by atoms with Crippen molar-refractivity contribution in [1.82, 2.24) is 0 Å². The number of benzene rings is 1. The van der Waals surface area contributed by atoms with E-state index in [1.54, 1.807) is 0 Å². The molecule has 4 heteroatoms. The predicted molar refractivity (Wildman–Crippen MR) is 57.8 cm³/mol. The lowest BCUT2D eigenvalue weighted by Gasteiger charge is -2.02. The van der Waals surface area contributed by atoms with Crippen LogP contribution in [0.5, 0.6) is 0 Å². The number of halogens is 2. The molecule has 0 atom stereocenters. The van der Waals surface area contributed by atoms with Crippen molar-refractivity contribution in [3.8, 4) is 0 Å². The largest absolute Gasteiger partial charge is 0.481 e. The maximum absolute atomic E-state index is 10.3. The minimum absolute atomic E-state index is 0.162. The molecule has 0 saturated heterocycles. The van der Waals surface area contributed by atoms with E-state index in [4.69, 9.17) is 5.11 Å². The van der Waals surface area contributed by atoms with Crippen LogP contribution in [0, 0.1) is 0 Å². The third kappa shape index (κ3) is 3.48. The van der Waals surface area contributed by atoms with Crippen molar-refractivity contribution in [1.29, 1.82) is 0 Å². The van der Waals surface area contributed by atoms with Crippen LogP contribution in [-0.2, 0) is 11.2 Å². The Morgan fingerprint density at radius 3 is 2.69 bits per heavy atom. The molecule has 0 saturated carbocycles. The minimum atomic E-state index is -0.771. The summed E-state index contributed by atoms with van der Waals surface area (Å²) in [5.41, 5.74) is 1.01. The number of carboxylic acid groups (broad SMARTS) is 1. The Labute approximate surface area is 93.2 Å². The van der Waals surface area contributed by atoms with Crippen LogP contribution in [0.1, 0.15) is 12.0 Å². The van der Waals surface area contributed by atoms with Gasteiger partial charge in [-0.15, -0.1) is 0 Å². The zero-order valence-electron chi connectivity index (χ0n) is 6.76. The van der Waals surface area contributed by atoms with Crippen LogP contribution in [-0.4, -0.2) is 11.1 Å². The molecule has 0 fully saturated rings. The maximum atomic E-state index is 10.3. The van der Waals surface area contributed by atoms with E-state index in [-0.39, 0.29) is 6.42 Å². The summed E-state index contributed by atoms with van der Waals surface area (Å²) >= 11 is 6.70. The molecule has 2 nitrogen and oxygen atoms in total. The van der Waals surface area contributed by atoms with Crippen molar-refractivity contribution in [2.75, 3.05) is 0 Å². The summed E-state index contributed by atoms with van der Waals surface area (Å²) < 4.78 is 1.92. The van der Waals surface area contributed by atoms with E-state index < -0.39 is 5.97 Å². The van der Waals surface area contributed by atoms with Crippen molar-refractivity contribution in [2.24, 2.45) is 0 Å². The zero-order chi connectivity index (χ0) is 9.84. The van der Waals surface area contributed by atoms with Crippen molar-refractivity contribution in [2.45, 2.75) is 12.8 Å². The standard InChI is InChI=1S/C9H8Br2O2/c10-7-2-3-8(11)6(5-7)1-4-9(12)13/h2-3,5H,1,4H2,(H,12,13). The van der Waals surface area contributed by atoms with Gasteiger partial charge in [0.05, 0.1) is 0 Å². The molecule has 1 N–H and O–H groups in total. The Morgan fingerprint density at radius 1 is 1.38 bits per heavy atom. The summed E-state index contributed by atoms with van der Waals surface area (Å²) in [7, 11) is 0. The SMILES string of the molecule is O=C(O)CCc1cc(Br)ccc1Br. The first-order chi connectivity index (χ1) is 6.09. The molecule has 0 aliphatic carbocycles. The van der Waals surface area contributed by atoms with Crippen LogP contribution in [0.25, 0.3) is 0 Å². The molecule has 0 aliphatic rings. The number of hydrogen-bond acceptors (Lipinski definition) is 1. The highest BCUT2D eigenvalue weighted by Crippen LogP contribution is 2.22. The second-order valence-corrected chi connectivity index (χ2v) is 4.40. The van der Waals surface area contributed by atoms with Crippen LogP contribution in [0.2, 0.25) is 0 Å². The molecular weight excluding hydrogens is 300 g/mol. The quantitative estimate of drug-likeness (QED) is 0.931. The first-order valence-electron chi connectivity index (χ1n) is 3.75. The molecule has 0 aliphatic heterocycles. The number of aliphatic carboxylic acids is 1. The van der Waals surface area contributed by atoms with Gasteiger partial charge in [0.15, 0.2) is 0 Å². The summed E-state index contributed by atoms with van der Waals surface area (Å²) in [6, 6.07) is 5.74. The summed E-state index contributed by atoms with van der Waals surface area (Å²) in [6.07, 6.45) is 0.713. The Hall–Kier alpha value is -0.350. The van der Waals surface area contributed by atoms with Gasteiger partial charge in [0.1, 0.15) is 0 Å². The molecule has 1 rings (SSSR count). The summed E-state index contributed by atoms with van der Waals surface area (Å²) in [6.45, 7) is 0. The Kier molecular flexibility index (Phi) is 3.93. The van der Waals surface area contributed by atoms with Gasteiger partial charge in [0, 0.05) is 15.4 Å². The molecule has 0 spiro atoms. The van der Waals surface area contributed by atoms with Gasteiger partial charge in [-0.3, -0.25) is 4.79 Å². The van der Waals surface area contributed by atoms with Crippen molar-refractivity contribution in [3.05, 3.63) is 32.7 Å². The van der Waals surface area contributed by atoms with Gasteiger partial charge >= 0.3 is 5.97 Å². The van der Waals surface area contributed by atoms with Crippen molar-refractivity contribution in [3.63, 3.8) is 0 Å². The monoisotopic (exact) mass is 306 g/mol. The molecule has 0 aromatic heterocycles. The van der Waals surface area contributed by atoms with Crippen LogP contribution in [0.3, 0.4) is 0 Å². The highest BCUT2D eigenvalue weighted by molar-refractivity contribution is 9.11. The highest BCUT2D eigenvalue weighted by atomic mass is 79.9. The molecule has 0 radical (unpaired) electrons. The molecule has 0 unspecified atom stereocenters. The van der Waals surface area contributed by atoms with E-state index >= 15 is 0 Å². The molecule has 1 aromatic rings. The third-order valence-corrected chi connectivity index (χ3v) is 2.88. The average Bonchev–Trinajstić information content (AvgIpc) is 2.06. The Morgan fingerprint density at radius 2 is 2.08 bits per heavy atom. The van der Waals surface area contributed by atoms with Gasteiger partial charge in [-0.1, -0.05) is 31.9 Å². The van der Waals surface area contributed by atoms with E-state index in [1.165, 1.54) is 0 Å². The van der Waals surface area contributed by atoms with Gasteiger partial charge < -0.3 is 5.11 Å². The number of hydrogen-bond donors (Lipinski definition) is 1.